The summed E-state index contributed by atoms with van der Waals surface area (Å²) >= 11 is 5.29. The van der Waals surface area contributed by atoms with Crippen LogP contribution in [0.2, 0.25) is 0 Å². The average molecular weight is 763 g/mol. The number of hydrogen-bond acceptors (Lipinski definition) is 2. The summed E-state index contributed by atoms with van der Waals surface area (Å²) < 4.78 is 0. The Balaban J connectivity index is 0.000000810. The van der Waals surface area contributed by atoms with Gasteiger partial charge < -0.3 is 10.4 Å². The first-order valence-corrected chi connectivity index (χ1v) is 16.2. The molecule has 0 aliphatic carbocycles. The normalized spacial score (nSPS) is 10.2. The topological polar surface area (TPSA) is 49.3 Å². The fourth-order valence-electron chi connectivity index (χ4n) is 4.67. The number of benzene rings is 2. The van der Waals surface area contributed by atoms with Crippen LogP contribution in [0.5, 0.6) is 0 Å². The standard InChI is InChI=1S/C22H44O2.C13H11NS.Pb.2H/c1-2-3-4-5-6-7-8-9-10-11-12-13-14-15-16-17-18-19-20-21-22(23)24;15-13(11-7-3-1-4-8-11)14-12-9-5-2-6-10-12;;;/h2-21H2,1H3,(H,23,24);1-10H,(H,14,15);;;. The molecule has 40 heavy (non-hydrogen) atoms. The summed E-state index contributed by atoms with van der Waals surface area (Å²) in [4.78, 5) is 11.1. The molecule has 0 amide bonds. The molecule has 0 aliphatic heterocycles. The predicted octanol–water partition coefficient (Wildman–Crippen LogP) is 10.5. The van der Waals surface area contributed by atoms with Crippen molar-refractivity contribution in [2.24, 2.45) is 0 Å². The second-order valence-corrected chi connectivity index (χ2v) is 11.1. The van der Waals surface area contributed by atoms with Crippen molar-refractivity contribution in [3.63, 3.8) is 0 Å². The molecule has 2 rings (SSSR count). The van der Waals surface area contributed by atoms with E-state index in [1.54, 1.807) is 0 Å². The van der Waals surface area contributed by atoms with Crippen LogP contribution in [0, 0.1) is 0 Å². The van der Waals surface area contributed by atoms with Gasteiger partial charge in [-0.3, -0.25) is 4.79 Å². The van der Waals surface area contributed by atoms with Gasteiger partial charge in [-0.1, -0.05) is 183 Å². The zero-order chi connectivity index (χ0) is 28.2. The Morgan fingerprint density at radius 2 is 0.950 bits per heavy atom. The van der Waals surface area contributed by atoms with E-state index in [1.807, 2.05) is 60.7 Å². The third-order valence-corrected chi connectivity index (χ3v) is 7.40. The van der Waals surface area contributed by atoms with Gasteiger partial charge in [0.25, 0.3) is 0 Å². The van der Waals surface area contributed by atoms with Gasteiger partial charge in [0.2, 0.25) is 0 Å². The maximum atomic E-state index is 10.4. The minimum absolute atomic E-state index is 0. The van der Waals surface area contributed by atoms with E-state index in [0.29, 0.717) is 6.42 Å². The monoisotopic (exact) mass is 763 g/mol. The Morgan fingerprint density at radius 3 is 1.32 bits per heavy atom. The van der Waals surface area contributed by atoms with Gasteiger partial charge >= 0.3 is 33.3 Å². The number of rotatable bonds is 22. The molecule has 2 N–H and O–H groups in total. The van der Waals surface area contributed by atoms with Crippen LogP contribution in [0.1, 0.15) is 141 Å². The van der Waals surface area contributed by atoms with E-state index in [0.717, 1.165) is 29.1 Å². The summed E-state index contributed by atoms with van der Waals surface area (Å²) in [6, 6.07) is 19.9. The number of hydrogen-bond donors (Lipinski definition) is 2. The number of aliphatic carboxylic acids is 1. The zero-order valence-corrected chi connectivity index (χ0v) is 31.7. The van der Waals surface area contributed by atoms with Gasteiger partial charge in [-0.25, -0.2) is 0 Å². The van der Waals surface area contributed by atoms with Gasteiger partial charge in [-0.2, -0.15) is 0 Å². The molecule has 3 nitrogen and oxygen atoms in total. The van der Waals surface area contributed by atoms with Crippen molar-refractivity contribution in [3.05, 3.63) is 66.2 Å². The Labute approximate surface area is 271 Å². The second-order valence-electron chi connectivity index (χ2n) is 10.7. The molecule has 2 radical (unpaired) electrons. The van der Waals surface area contributed by atoms with Gasteiger partial charge in [0, 0.05) is 17.7 Å². The summed E-state index contributed by atoms with van der Waals surface area (Å²) in [5, 5.41) is 11.7. The van der Waals surface area contributed by atoms with Gasteiger partial charge in [-0.05, 0) is 18.6 Å². The molecule has 0 aromatic heterocycles. The number of anilines is 1. The first kappa shape index (κ1) is 38.7. The Hall–Kier alpha value is -1.28. The summed E-state index contributed by atoms with van der Waals surface area (Å²) in [7, 11) is 0. The van der Waals surface area contributed by atoms with Crippen molar-refractivity contribution in [1.82, 2.24) is 0 Å². The van der Waals surface area contributed by atoms with Crippen LogP contribution in [-0.4, -0.2) is 43.4 Å². The molecule has 0 saturated carbocycles. The second kappa shape index (κ2) is 29.2. The van der Waals surface area contributed by atoms with E-state index < -0.39 is 5.97 Å². The fourth-order valence-corrected chi connectivity index (χ4v) is 4.92. The van der Waals surface area contributed by atoms with Gasteiger partial charge in [0.1, 0.15) is 4.99 Å². The summed E-state index contributed by atoms with van der Waals surface area (Å²) in [6.45, 7) is 2.28. The van der Waals surface area contributed by atoms with Crippen LogP contribution in [-0.2, 0) is 4.79 Å². The van der Waals surface area contributed by atoms with Crippen molar-refractivity contribution in [1.29, 1.82) is 0 Å². The number of carbonyl (C=O) groups is 1. The minimum atomic E-state index is -0.651. The van der Waals surface area contributed by atoms with Crippen LogP contribution >= 0.6 is 12.2 Å². The maximum absolute atomic E-state index is 10.4. The number of carboxylic acids is 1. The summed E-state index contributed by atoms with van der Waals surface area (Å²) in [6.07, 6.45) is 26.1. The molecular weight excluding hydrogens is 706 g/mol. The molecule has 0 atom stereocenters. The Kier molecular flexibility index (Phi) is 28.3. The van der Waals surface area contributed by atoms with E-state index in [2.05, 4.69) is 12.2 Å². The van der Waals surface area contributed by atoms with Crippen molar-refractivity contribution >= 4 is 56.2 Å². The van der Waals surface area contributed by atoms with Crippen molar-refractivity contribution < 1.29 is 9.90 Å². The zero-order valence-electron chi connectivity index (χ0n) is 25.4. The van der Waals surface area contributed by atoms with E-state index in [9.17, 15) is 4.79 Å². The molecule has 0 fully saturated rings. The third kappa shape index (κ3) is 24.5. The number of unbranched alkanes of at least 4 members (excludes halogenated alkanes) is 18. The van der Waals surface area contributed by atoms with Crippen LogP contribution in [0.3, 0.4) is 0 Å². The third-order valence-electron chi connectivity index (χ3n) is 7.06. The van der Waals surface area contributed by atoms with Crippen LogP contribution in [0.25, 0.3) is 0 Å². The number of thiocarbonyl (C=S) groups is 1. The molecule has 2 aromatic rings. The molecule has 224 valence electrons. The average Bonchev–Trinajstić information content (AvgIpc) is 2.95. The molecule has 0 spiro atoms. The Bertz CT molecular complexity index is 832. The van der Waals surface area contributed by atoms with Crippen molar-refractivity contribution in [2.45, 2.75) is 135 Å². The van der Waals surface area contributed by atoms with E-state index >= 15 is 0 Å². The molecule has 0 heterocycles. The quantitative estimate of drug-likeness (QED) is 0.0713. The van der Waals surface area contributed by atoms with Gasteiger partial charge in [0.05, 0.1) is 0 Å². The summed E-state index contributed by atoms with van der Waals surface area (Å²) in [5.74, 6) is -0.651. The Morgan fingerprint density at radius 1 is 0.600 bits per heavy atom. The fraction of sp³-hybridized carbons (Fsp3) is 0.600. The van der Waals surface area contributed by atoms with Crippen molar-refractivity contribution in [3.8, 4) is 0 Å². The molecule has 0 saturated heterocycles. The number of carboxylic acid groups (broad SMARTS) is 1. The molecule has 2 aromatic carbocycles. The first-order chi connectivity index (χ1) is 19.1. The SMILES string of the molecule is CCCCCCCCCCCCCCCCCCCCCC(=O)O.S=C(Nc1ccccc1)c1ccccc1.[PbH2]. The number of para-hydroxylation sites is 1. The van der Waals surface area contributed by atoms with Crippen LogP contribution in [0.4, 0.5) is 5.69 Å². The molecule has 0 aliphatic rings. The molecular formula is C35H57NO2PbS. The van der Waals surface area contributed by atoms with Gasteiger partial charge in [-0.15, -0.1) is 0 Å². The molecule has 5 heteroatoms. The first-order valence-electron chi connectivity index (χ1n) is 15.8. The van der Waals surface area contributed by atoms with Crippen molar-refractivity contribution in [2.75, 3.05) is 5.32 Å². The predicted molar refractivity (Wildman–Crippen MR) is 182 cm³/mol. The van der Waals surface area contributed by atoms with E-state index in [1.165, 1.54) is 109 Å². The van der Waals surface area contributed by atoms with E-state index in [4.69, 9.17) is 17.3 Å². The number of nitrogens with one attached hydrogen (secondary N) is 1. The van der Waals surface area contributed by atoms with Gasteiger partial charge in [0.15, 0.2) is 0 Å². The van der Waals surface area contributed by atoms with E-state index in [-0.39, 0.29) is 27.3 Å². The van der Waals surface area contributed by atoms with Crippen LogP contribution in [0.15, 0.2) is 60.7 Å². The van der Waals surface area contributed by atoms with Crippen LogP contribution < -0.4 is 5.32 Å². The summed E-state index contributed by atoms with van der Waals surface area (Å²) in [5.41, 5.74) is 2.06. The molecule has 0 bridgehead atoms. The molecule has 0 unspecified atom stereocenters.